The van der Waals surface area contributed by atoms with Gasteiger partial charge in [0, 0.05) is 42.3 Å². The highest BCUT2D eigenvalue weighted by Gasteiger charge is 2.13. The van der Waals surface area contributed by atoms with Crippen molar-refractivity contribution in [2.24, 2.45) is 5.73 Å². The van der Waals surface area contributed by atoms with E-state index in [0.29, 0.717) is 12.5 Å². The van der Waals surface area contributed by atoms with Crippen LogP contribution in [0.3, 0.4) is 0 Å². The second-order valence-corrected chi connectivity index (χ2v) is 7.39. The quantitative estimate of drug-likeness (QED) is 0.482. The van der Waals surface area contributed by atoms with Crippen LogP contribution in [0.2, 0.25) is 0 Å². The highest BCUT2D eigenvalue weighted by Crippen LogP contribution is 2.30. The Balaban J connectivity index is 1.58. The van der Waals surface area contributed by atoms with Crippen LogP contribution in [0.1, 0.15) is 11.1 Å². The van der Waals surface area contributed by atoms with Gasteiger partial charge in [-0.15, -0.1) is 0 Å². The van der Waals surface area contributed by atoms with Crippen LogP contribution in [0.4, 0.5) is 5.95 Å². The van der Waals surface area contributed by atoms with Crippen molar-refractivity contribution in [1.82, 2.24) is 15.0 Å². The summed E-state index contributed by atoms with van der Waals surface area (Å²) in [5.74, 6) is 0.571. The standard InChI is InChI=1S/C25H25N5/c1-18-6-5-9-21(14-18)23-17-29-25(30-24(23)20-10-12-27-13-11-20)28-16-22(26)15-19-7-3-2-4-8-19/h2-14,17,22H,15-16,26H2,1H3,(H,28,29,30)/t22-/m0/s1. The first-order valence-electron chi connectivity index (χ1n) is 10.1. The van der Waals surface area contributed by atoms with E-state index in [9.17, 15) is 0 Å². The molecule has 2 heterocycles. The first-order chi connectivity index (χ1) is 14.7. The van der Waals surface area contributed by atoms with Crippen LogP contribution in [-0.2, 0) is 6.42 Å². The molecule has 5 heteroatoms. The van der Waals surface area contributed by atoms with Gasteiger partial charge in [-0.1, -0.05) is 60.2 Å². The topological polar surface area (TPSA) is 76.7 Å². The minimum absolute atomic E-state index is 0.0307. The number of pyridine rings is 1. The molecule has 0 amide bonds. The lowest BCUT2D eigenvalue weighted by Crippen LogP contribution is -2.31. The van der Waals surface area contributed by atoms with Gasteiger partial charge in [0.05, 0.1) is 5.69 Å². The molecule has 1 atom stereocenters. The Morgan fingerprint density at radius 3 is 2.50 bits per heavy atom. The zero-order valence-electron chi connectivity index (χ0n) is 17.0. The van der Waals surface area contributed by atoms with Gasteiger partial charge in [-0.2, -0.15) is 0 Å². The van der Waals surface area contributed by atoms with Gasteiger partial charge in [0.1, 0.15) is 0 Å². The fourth-order valence-electron chi connectivity index (χ4n) is 3.43. The maximum absolute atomic E-state index is 6.31. The Morgan fingerprint density at radius 1 is 0.933 bits per heavy atom. The van der Waals surface area contributed by atoms with Crippen molar-refractivity contribution in [2.75, 3.05) is 11.9 Å². The van der Waals surface area contributed by atoms with Crippen LogP contribution in [0.5, 0.6) is 0 Å². The monoisotopic (exact) mass is 395 g/mol. The fraction of sp³-hybridized carbons (Fsp3) is 0.160. The molecule has 0 unspecified atom stereocenters. The molecule has 3 N–H and O–H groups in total. The molecule has 2 aromatic heterocycles. The first kappa shape index (κ1) is 19.7. The molecule has 4 aromatic rings. The smallest absolute Gasteiger partial charge is 0.223 e. The van der Waals surface area contributed by atoms with Crippen LogP contribution in [-0.4, -0.2) is 27.5 Å². The largest absolute Gasteiger partial charge is 0.353 e. The third-order valence-electron chi connectivity index (χ3n) is 4.93. The molecule has 0 radical (unpaired) electrons. The average molecular weight is 396 g/mol. The SMILES string of the molecule is Cc1cccc(-c2cnc(NC[C@@H](N)Cc3ccccc3)nc2-c2ccncc2)c1. The Hall–Kier alpha value is -3.57. The summed E-state index contributed by atoms with van der Waals surface area (Å²) in [6.45, 7) is 2.68. The fourth-order valence-corrected chi connectivity index (χ4v) is 3.43. The molecule has 0 aliphatic rings. The van der Waals surface area contributed by atoms with Crippen molar-refractivity contribution >= 4 is 5.95 Å². The number of nitrogens with two attached hydrogens (primary N) is 1. The van der Waals surface area contributed by atoms with Crippen LogP contribution in [0.25, 0.3) is 22.4 Å². The molecule has 0 saturated heterocycles. The predicted molar refractivity (Wildman–Crippen MR) is 122 cm³/mol. The van der Waals surface area contributed by atoms with Crippen molar-refractivity contribution in [1.29, 1.82) is 0 Å². The van der Waals surface area contributed by atoms with Crippen molar-refractivity contribution in [3.63, 3.8) is 0 Å². The summed E-state index contributed by atoms with van der Waals surface area (Å²) in [6.07, 6.45) is 6.23. The Morgan fingerprint density at radius 2 is 1.73 bits per heavy atom. The van der Waals surface area contributed by atoms with E-state index in [1.165, 1.54) is 11.1 Å². The van der Waals surface area contributed by atoms with Gasteiger partial charge in [-0.25, -0.2) is 9.97 Å². The van der Waals surface area contributed by atoms with Gasteiger partial charge in [0.2, 0.25) is 5.95 Å². The molecule has 30 heavy (non-hydrogen) atoms. The number of nitrogens with zero attached hydrogens (tertiary/aromatic N) is 3. The van der Waals surface area contributed by atoms with Gasteiger partial charge in [-0.05, 0) is 36.6 Å². The van der Waals surface area contributed by atoms with E-state index in [-0.39, 0.29) is 6.04 Å². The van der Waals surface area contributed by atoms with E-state index in [4.69, 9.17) is 10.7 Å². The summed E-state index contributed by atoms with van der Waals surface area (Å²) in [5, 5.41) is 3.30. The summed E-state index contributed by atoms with van der Waals surface area (Å²) in [6, 6.07) is 22.5. The van der Waals surface area contributed by atoms with Crippen molar-refractivity contribution in [2.45, 2.75) is 19.4 Å². The lowest BCUT2D eigenvalue weighted by molar-refractivity contribution is 0.696. The van der Waals surface area contributed by atoms with Gasteiger partial charge in [0.15, 0.2) is 0 Å². The third kappa shape index (κ3) is 4.88. The van der Waals surface area contributed by atoms with Crippen LogP contribution in [0, 0.1) is 6.92 Å². The number of benzene rings is 2. The summed E-state index contributed by atoms with van der Waals surface area (Å²) in [7, 11) is 0. The number of anilines is 1. The molecule has 0 fully saturated rings. The number of rotatable bonds is 7. The maximum Gasteiger partial charge on any atom is 0.223 e. The van der Waals surface area contributed by atoms with Gasteiger partial charge >= 0.3 is 0 Å². The van der Waals surface area contributed by atoms with Crippen LogP contribution in [0.15, 0.2) is 85.3 Å². The summed E-state index contributed by atoms with van der Waals surface area (Å²) in [4.78, 5) is 13.5. The maximum atomic E-state index is 6.31. The molecule has 4 rings (SSSR count). The third-order valence-corrected chi connectivity index (χ3v) is 4.93. The zero-order chi connectivity index (χ0) is 20.8. The van der Waals surface area contributed by atoms with E-state index in [0.717, 1.165) is 28.8 Å². The highest BCUT2D eigenvalue weighted by atomic mass is 15.1. The molecule has 2 aromatic carbocycles. The molecular weight excluding hydrogens is 370 g/mol. The lowest BCUT2D eigenvalue weighted by atomic mass is 10.00. The molecule has 0 aliphatic carbocycles. The number of aromatic nitrogens is 3. The van der Waals surface area contributed by atoms with E-state index < -0.39 is 0 Å². The Bertz CT molecular complexity index is 1100. The number of hydrogen-bond acceptors (Lipinski definition) is 5. The Kier molecular flexibility index (Phi) is 6.11. The number of aryl methyl sites for hydroxylation is 1. The van der Waals surface area contributed by atoms with Crippen LogP contribution < -0.4 is 11.1 Å². The summed E-state index contributed by atoms with van der Waals surface area (Å²) in [5.41, 5.74) is 12.7. The molecule has 0 spiro atoms. The highest BCUT2D eigenvalue weighted by molar-refractivity contribution is 5.80. The average Bonchev–Trinajstić information content (AvgIpc) is 2.79. The normalized spacial score (nSPS) is 11.8. The minimum Gasteiger partial charge on any atom is -0.353 e. The van der Waals surface area contributed by atoms with E-state index >= 15 is 0 Å². The number of hydrogen-bond donors (Lipinski definition) is 2. The van der Waals surface area contributed by atoms with E-state index in [2.05, 4.69) is 58.6 Å². The molecule has 0 bridgehead atoms. The van der Waals surface area contributed by atoms with E-state index in [1.54, 1.807) is 12.4 Å². The zero-order valence-corrected chi connectivity index (χ0v) is 17.0. The van der Waals surface area contributed by atoms with Gasteiger partial charge < -0.3 is 11.1 Å². The van der Waals surface area contributed by atoms with E-state index in [1.807, 2.05) is 36.5 Å². The second-order valence-electron chi connectivity index (χ2n) is 7.39. The Labute approximate surface area is 177 Å². The molecule has 150 valence electrons. The molecule has 0 saturated carbocycles. The second kappa shape index (κ2) is 9.29. The lowest BCUT2D eigenvalue weighted by Gasteiger charge is -2.15. The number of nitrogens with one attached hydrogen (secondary N) is 1. The van der Waals surface area contributed by atoms with Crippen molar-refractivity contribution in [3.8, 4) is 22.4 Å². The molecular formula is C25H25N5. The molecule has 0 aliphatic heterocycles. The summed E-state index contributed by atoms with van der Waals surface area (Å²) < 4.78 is 0. The van der Waals surface area contributed by atoms with Gasteiger partial charge in [0.25, 0.3) is 0 Å². The van der Waals surface area contributed by atoms with Crippen molar-refractivity contribution in [3.05, 3.63) is 96.4 Å². The van der Waals surface area contributed by atoms with Crippen LogP contribution >= 0.6 is 0 Å². The van der Waals surface area contributed by atoms with Gasteiger partial charge in [-0.3, -0.25) is 4.98 Å². The minimum atomic E-state index is -0.0307. The van der Waals surface area contributed by atoms with Crippen molar-refractivity contribution < 1.29 is 0 Å². The molecule has 5 nitrogen and oxygen atoms in total. The summed E-state index contributed by atoms with van der Waals surface area (Å²) >= 11 is 0. The first-order valence-corrected chi connectivity index (χ1v) is 10.1. The predicted octanol–water partition coefficient (Wildman–Crippen LogP) is 4.50.